The average molecular weight is 305 g/mol. The molecule has 0 spiro atoms. The van der Waals surface area contributed by atoms with E-state index in [0.29, 0.717) is 18.9 Å². The van der Waals surface area contributed by atoms with Crippen LogP contribution < -0.4 is 5.90 Å². The Kier molecular flexibility index (Phi) is 8.08. The molecule has 0 atom stereocenters. The predicted molar refractivity (Wildman–Crippen MR) is 86.3 cm³/mol. The highest BCUT2D eigenvalue weighted by atomic mass is 32.2. The molecule has 0 fully saturated rings. The molecule has 0 unspecified atom stereocenters. The monoisotopic (exact) mass is 305 g/mol. The van der Waals surface area contributed by atoms with Crippen LogP contribution in [-0.4, -0.2) is 30.0 Å². The van der Waals surface area contributed by atoms with E-state index in [0.717, 1.165) is 22.4 Å². The molecule has 21 heavy (non-hydrogen) atoms. The molecule has 0 aliphatic carbocycles. The summed E-state index contributed by atoms with van der Waals surface area (Å²) in [6, 6.07) is 3.67. The lowest BCUT2D eigenvalue weighted by atomic mass is 10.2. The molecule has 0 bridgehead atoms. The Morgan fingerprint density at radius 2 is 2.38 bits per heavy atom. The van der Waals surface area contributed by atoms with Gasteiger partial charge < -0.3 is 9.63 Å². The largest absolute Gasteiger partial charge is 0.391 e. The van der Waals surface area contributed by atoms with Crippen molar-refractivity contribution in [2.75, 3.05) is 12.8 Å². The van der Waals surface area contributed by atoms with Crippen molar-refractivity contribution in [1.29, 1.82) is 0 Å². The first-order valence-electron chi connectivity index (χ1n) is 6.42. The van der Waals surface area contributed by atoms with Crippen molar-refractivity contribution in [3.63, 3.8) is 0 Å². The lowest BCUT2D eigenvalue weighted by Crippen LogP contribution is -2.14. The van der Waals surface area contributed by atoms with Gasteiger partial charge in [0.05, 0.1) is 12.1 Å². The van der Waals surface area contributed by atoms with Gasteiger partial charge in [0.15, 0.2) is 0 Å². The predicted octanol–water partition coefficient (Wildman–Crippen LogP) is 2.53. The zero-order chi connectivity index (χ0) is 15.5. The van der Waals surface area contributed by atoms with Gasteiger partial charge in [-0.3, -0.25) is 0 Å². The molecule has 0 saturated heterocycles. The highest BCUT2D eigenvalue weighted by Crippen LogP contribution is 2.18. The van der Waals surface area contributed by atoms with Crippen molar-refractivity contribution in [1.82, 2.24) is 4.98 Å². The summed E-state index contributed by atoms with van der Waals surface area (Å²) in [6.45, 7) is 2.33. The zero-order valence-corrected chi connectivity index (χ0v) is 13.0. The molecule has 5 nitrogen and oxygen atoms in total. The zero-order valence-electron chi connectivity index (χ0n) is 12.2. The van der Waals surface area contributed by atoms with Crippen LogP contribution in [0.25, 0.3) is 0 Å². The second-order valence-corrected chi connectivity index (χ2v) is 4.76. The highest BCUT2D eigenvalue weighted by molar-refractivity contribution is 7.98. The SMILES string of the molecule is C/C=C(\C=C/CC=O)CN=C(ON)c1cccnc1SC. The van der Waals surface area contributed by atoms with Crippen molar-refractivity contribution >= 4 is 23.9 Å². The van der Waals surface area contributed by atoms with Crippen LogP contribution >= 0.6 is 11.8 Å². The van der Waals surface area contributed by atoms with E-state index in [1.165, 1.54) is 11.8 Å². The van der Waals surface area contributed by atoms with Gasteiger partial charge in [-0.25, -0.2) is 9.98 Å². The molecule has 0 saturated carbocycles. The Bertz CT molecular complexity index is 554. The molecule has 1 aromatic rings. The van der Waals surface area contributed by atoms with E-state index in [-0.39, 0.29) is 0 Å². The Morgan fingerprint density at radius 1 is 1.57 bits per heavy atom. The van der Waals surface area contributed by atoms with E-state index in [1.54, 1.807) is 12.3 Å². The van der Waals surface area contributed by atoms with Gasteiger partial charge in [-0.15, -0.1) is 11.8 Å². The van der Waals surface area contributed by atoms with Crippen LogP contribution in [0.2, 0.25) is 0 Å². The molecule has 1 aromatic heterocycles. The lowest BCUT2D eigenvalue weighted by Gasteiger charge is -2.07. The number of carbonyl (C=O) groups excluding carboxylic acids is 1. The summed E-state index contributed by atoms with van der Waals surface area (Å²) in [5.41, 5.74) is 1.74. The topological polar surface area (TPSA) is 77.6 Å². The summed E-state index contributed by atoms with van der Waals surface area (Å²) in [7, 11) is 0. The fourth-order valence-corrected chi connectivity index (χ4v) is 2.12. The van der Waals surface area contributed by atoms with Gasteiger partial charge in [0.1, 0.15) is 11.3 Å². The normalized spacial score (nSPS) is 12.7. The number of hydrogen-bond donors (Lipinski definition) is 1. The Hall–Kier alpha value is -1.92. The number of pyridine rings is 1. The number of aliphatic imine (C=N–C) groups is 1. The molecule has 0 aromatic carbocycles. The number of allylic oxidation sites excluding steroid dienone is 2. The molecule has 112 valence electrons. The van der Waals surface area contributed by atoms with Crippen molar-refractivity contribution in [3.8, 4) is 0 Å². The van der Waals surface area contributed by atoms with E-state index in [2.05, 4.69) is 9.98 Å². The summed E-state index contributed by atoms with van der Waals surface area (Å²) >= 11 is 1.50. The second-order valence-electron chi connectivity index (χ2n) is 3.97. The summed E-state index contributed by atoms with van der Waals surface area (Å²) in [5.74, 6) is 5.67. The third-order valence-corrected chi connectivity index (χ3v) is 3.36. The summed E-state index contributed by atoms with van der Waals surface area (Å²) in [4.78, 5) is 23.8. The van der Waals surface area contributed by atoms with Crippen LogP contribution in [-0.2, 0) is 9.63 Å². The Morgan fingerprint density at radius 3 is 3.00 bits per heavy atom. The van der Waals surface area contributed by atoms with Gasteiger partial charge in [0, 0.05) is 12.6 Å². The number of rotatable bonds is 7. The second kappa shape index (κ2) is 9.90. The highest BCUT2D eigenvalue weighted by Gasteiger charge is 2.10. The lowest BCUT2D eigenvalue weighted by molar-refractivity contribution is -0.107. The number of aldehydes is 1. The summed E-state index contributed by atoms with van der Waals surface area (Å²) in [5, 5.41) is 0.806. The van der Waals surface area contributed by atoms with E-state index in [4.69, 9.17) is 10.7 Å². The Balaban J connectivity index is 2.91. The quantitative estimate of drug-likeness (QED) is 0.209. The fourth-order valence-electron chi connectivity index (χ4n) is 1.58. The molecule has 1 heterocycles. The van der Waals surface area contributed by atoms with Gasteiger partial charge in [-0.2, -0.15) is 5.90 Å². The number of nitrogens with zero attached hydrogens (tertiary/aromatic N) is 2. The van der Waals surface area contributed by atoms with Crippen LogP contribution in [0.3, 0.4) is 0 Å². The first-order chi connectivity index (χ1) is 10.3. The molecule has 0 aliphatic rings. The van der Waals surface area contributed by atoms with Crippen molar-refractivity contribution in [2.45, 2.75) is 18.4 Å². The number of hydrogen-bond acceptors (Lipinski definition) is 6. The molecule has 0 amide bonds. The number of carbonyl (C=O) groups is 1. The summed E-state index contributed by atoms with van der Waals surface area (Å²) in [6.07, 6.45) is 10.5. The maximum Gasteiger partial charge on any atom is 0.243 e. The fraction of sp³-hybridized carbons (Fsp3) is 0.267. The smallest absolute Gasteiger partial charge is 0.243 e. The number of nitrogens with two attached hydrogens (primary N) is 1. The standard InChI is InChI=1S/C15H19N3O2S/c1-3-12(7-4-5-10-19)11-18-14(20-16)13-8-6-9-17-15(13)21-2/h3-4,6-10H,5,11,16H2,1-2H3/b7-4-,12-3+,18-14?. The third-order valence-electron chi connectivity index (χ3n) is 2.65. The van der Waals surface area contributed by atoms with E-state index >= 15 is 0 Å². The molecular formula is C15H19N3O2S. The van der Waals surface area contributed by atoms with E-state index in [9.17, 15) is 4.79 Å². The first-order valence-corrected chi connectivity index (χ1v) is 7.65. The van der Waals surface area contributed by atoms with Crippen molar-refractivity contribution in [3.05, 3.63) is 47.7 Å². The van der Waals surface area contributed by atoms with Crippen LogP contribution in [0.1, 0.15) is 18.9 Å². The van der Waals surface area contributed by atoms with Crippen LogP contribution in [0.4, 0.5) is 0 Å². The van der Waals surface area contributed by atoms with Crippen LogP contribution in [0.5, 0.6) is 0 Å². The van der Waals surface area contributed by atoms with E-state index in [1.807, 2.05) is 37.5 Å². The minimum Gasteiger partial charge on any atom is -0.391 e. The molecule has 0 radical (unpaired) electrons. The maximum absolute atomic E-state index is 10.3. The molecule has 2 N–H and O–H groups in total. The minimum atomic E-state index is 0.343. The van der Waals surface area contributed by atoms with Gasteiger partial charge in [-0.05, 0) is 30.9 Å². The number of aromatic nitrogens is 1. The van der Waals surface area contributed by atoms with Crippen molar-refractivity contribution in [2.24, 2.45) is 10.9 Å². The minimum absolute atomic E-state index is 0.343. The molecule has 6 heteroatoms. The Labute approximate surface area is 129 Å². The molecule has 1 rings (SSSR count). The third kappa shape index (κ3) is 5.53. The van der Waals surface area contributed by atoms with Gasteiger partial charge >= 0.3 is 0 Å². The molecular weight excluding hydrogens is 286 g/mol. The maximum atomic E-state index is 10.3. The van der Waals surface area contributed by atoms with Crippen LogP contribution in [0.15, 0.2) is 52.1 Å². The van der Waals surface area contributed by atoms with Crippen LogP contribution in [0, 0.1) is 0 Å². The van der Waals surface area contributed by atoms with Gasteiger partial charge in [-0.1, -0.05) is 18.2 Å². The van der Waals surface area contributed by atoms with Crippen molar-refractivity contribution < 1.29 is 9.63 Å². The van der Waals surface area contributed by atoms with Gasteiger partial charge in [0.2, 0.25) is 5.90 Å². The van der Waals surface area contributed by atoms with E-state index < -0.39 is 0 Å². The summed E-state index contributed by atoms with van der Waals surface area (Å²) < 4.78 is 0. The van der Waals surface area contributed by atoms with Gasteiger partial charge in [0.25, 0.3) is 0 Å². The number of thioether (sulfide) groups is 1. The average Bonchev–Trinajstić information content (AvgIpc) is 2.54. The molecule has 0 aliphatic heterocycles. The first kappa shape index (κ1) is 17.1.